The van der Waals surface area contributed by atoms with Crippen LogP contribution in [0.15, 0.2) is 54.6 Å². The Morgan fingerprint density at radius 3 is 2.35 bits per heavy atom. The number of nitriles is 1. The molecule has 0 bridgehead atoms. The van der Waals surface area contributed by atoms with Gasteiger partial charge in [0.25, 0.3) is 0 Å². The number of carbonyl (C=O) groups is 2. The van der Waals surface area contributed by atoms with Gasteiger partial charge in [0.2, 0.25) is 5.91 Å². The molecule has 0 fully saturated rings. The van der Waals surface area contributed by atoms with E-state index < -0.39 is 11.2 Å². The maximum absolute atomic E-state index is 12.5. The molecule has 0 aromatic heterocycles. The van der Waals surface area contributed by atoms with Gasteiger partial charge in [0.1, 0.15) is 5.25 Å². The third-order valence-electron chi connectivity index (χ3n) is 3.00. The fourth-order valence-corrected chi connectivity index (χ4v) is 2.81. The molecule has 0 spiro atoms. The number of nitrogens with zero attached hydrogens (tertiary/aromatic N) is 1. The van der Waals surface area contributed by atoms with E-state index in [4.69, 9.17) is 10.4 Å². The fourth-order valence-electron chi connectivity index (χ4n) is 1.94. The molecule has 116 valence electrons. The zero-order valence-corrected chi connectivity index (χ0v) is 12.9. The van der Waals surface area contributed by atoms with Crippen molar-refractivity contribution in [2.24, 2.45) is 0 Å². The molecule has 0 unspecified atom stereocenters. The molecule has 0 saturated heterocycles. The number of benzene rings is 2. The van der Waals surface area contributed by atoms with E-state index in [1.807, 2.05) is 12.1 Å². The van der Waals surface area contributed by atoms with Crippen molar-refractivity contribution >= 4 is 29.3 Å². The number of carbonyl (C=O) groups excluding carboxylic acids is 1. The molecule has 0 saturated carbocycles. The second-order valence-corrected chi connectivity index (χ2v) is 5.77. The number of carboxylic acid groups (broad SMARTS) is 1. The van der Waals surface area contributed by atoms with E-state index in [9.17, 15) is 9.59 Å². The Labute approximate surface area is 137 Å². The molecule has 0 aliphatic carbocycles. The molecule has 0 heterocycles. The Bertz CT molecular complexity index is 724. The smallest absolute Gasteiger partial charge is 0.313 e. The van der Waals surface area contributed by atoms with E-state index in [-0.39, 0.29) is 11.7 Å². The van der Waals surface area contributed by atoms with Crippen molar-refractivity contribution in [3.8, 4) is 6.07 Å². The second-order valence-electron chi connectivity index (χ2n) is 4.67. The van der Waals surface area contributed by atoms with E-state index >= 15 is 0 Å². The molecule has 2 aromatic carbocycles. The average Bonchev–Trinajstić information content (AvgIpc) is 2.56. The number of thioether (sulfide) groups is 1. The van der Waals surface area contributed by atoms with Crippen LogP contribution in [-0.4, -0.2) is 22.7 Å². The van der Waals surface area contributed by atoms with Gasteiger partial charge in [-0.2, -0.15) is 5.26 Å². The summed E-state index contributed by atoms with van der Waals surface area (Å²) >= 11 is 1.05. The lowest BCUT2D eigenvalue weighted by molar-refractivity contribution is -0.133. The van der Waals surface area contributed by atoms with Gasteiger partial charge in [0.05, 0.1) is 17.4 Å². The van der Waals surface area contributed by atoms with Gasteiger partial charge in [-0.25, -0.2) is 0 Å². The molecule has 0 aliphatic rings. The first kappa shape index (κ1) is 16.6. The maximum Gasteiger partial charge on any atom is 0.313 e. The number of anilines is 1. The summed E-state index contributed by atoms with van der Waals surface area (Å²) in [5.74, 6) is -1.44. The highest BCUT2D eigenvalue weighted by molar-refractivity contribution is 8.00. The number of hydrogen-bond acceptors (Lipinski definition) is 4. The number of rotatable bonds is 6. The zero-order chi connectivity index (χ0) is 16.7. The van der Waals surface area contributed by atoms with Crippen LogP contribution < -0.4 is 5.32 Å². The van der Waals surface area contributed by atoms with Crippen molar-refractivity contribution in [2.75, 3.05) is 11.1 Å². The first-order chi connectivity index (χ1) is 11.1. The quantitative estimate of drug-likeness (QED) is 0.851. The third kappa shape index (κ3) is 4.87. The molecule has 5 nitrogen and oxygen atoms in total. The maximum atomic E-state index is 12.5. The van der Waals surface area contributed by atoms with Gasteiger partial charge >= 0.3 is 5.97 Å². The topological polar surface area (TPSA) is 90.2 Å². The van der Waals surface area contributed by atoms with Crippen molar-refractivity contribution in [2.45, 2.75) is 5.25 Å². The highest BCUT2D eigenvalue weighted by Gasteiger charge is 2.22. The molecule has 2 rings (SSSR count). The largest absolute Gasteiger partial charge is 0.481 e. The van der Waals surface area contributed by atoms with E-state index in [0.717, 1.165) is 17.3 Å². The van der Waals surface area contributed by atoms with Crippen LogP contribution in [0.5, 0.6) is 0 Å². The first-order valence-corrected chi connectivity index (χ1v) is 7.84. The van der Waals surface area contributed by atoms with Crippen molar-refractivity contribution < 1.29 is 14.7 Å². The van der Waals surface area contributed by atoms with E-state index in [0.29, 0.717) is 11.3 Å². The van der Waals surface area contributed by atoms with Gasteiger partial charge in [0, 0.05) is 5.69 Å². The summed E-state index contributed by atoms with van der Waals surface area (Å²) in [6.45, 7) is 0. The van der Waals surface area contributed by atoms with Crippen LogP contribution in [0.2, 0.25) is 0 Å². The zero-order valence-electron chi connectivity index (χ0n) is 12.1. The van der Waals surface area contributed by atoms with Crippen LogP contribution in [0.25, 0.3) is 0 Å². The van der Waals surface area contributed by atoms with Crippen LogP contribution in [0.4, 0.5) is 5.69 Å². The summed E-state index contributed by atoms with van der Waals surface area (Å²) in [6.07, 6.45) is 0. The van der Waals surface area contributed by atoms with Gasteiger partial charge in [-0.3, -0.25) is 9.59 Å². The van der Waals surface area contributed by atoms with E-state index in [1.165, 1.54) is 0 Å². The lowest BCUT2D eigenvalue weighted by atomic mass is 10.1. The molecule has 0 aliphatic heterocycles. The predicted octanol–water partition coefficient (Wildman–Crippen LogP) is 3.06. The summed E-state index contributed by atoms with van der Waals surface area (Å²) in [7, 11) is 0. The van der Waals surface area contributed by atoms with Crippen molar-refractivity contribution in [1.82, 2.24) is 0 Å². The summed E-state index contributed by atoms with van der Waals surface area (Å²) in [4.78, 5) is 23.3. The molecule has 2 aromatic rings. The SMILES string of the molecule is N#Cc1ccc(NC(=O)[C@@H](SCC(=O)O)c2ccccc2)cc1. The van der Waals surface area contributed by atoms with E-state index in [2.05, 4.69) is 5.32 Å². The summed E-state index contributed by atoms with van der Waals surface area (Å²) < 4.78 is 0. The van der Waals surface area contributed by atoms with Gasteiger partial charge in [-0.1, -0.05) is 30.3 Å². The van der Waals surface area contributed by atoms with Crippen molar-refractivity contribution in [3.63, 3.8) is 0 Å². The second kappa shape index (κ2) is 8.01. The van der Waals surface area contributed by atoms with Gasteiger partial charge in [-0.05, 0) is 29.8 Å². The van der Waals surface area contributed by atoms with Crippen LogP contribution >= 0.6 is 11.8 Å². The molecule has 6 heteroatoms. The van der Waals surface area contributed by atoms with Crippen LogP contribution in [0, 0.1) is 11.3 Å². The Balaban J connectivity index is 2.15. The van der Waals surface area contributed by atoms with E-state index in [1.54, 1.807) is 48.5 Å². The van der Waals surface area contributed by atoms with Crippen LogP contribution in [0.1, 0.15) is 16.4 Å². The summed E-state index contributed by atoms with van der Waals surface area (Å²) in [5, 5.41) is 19.8. The molecule has 1 amide bonds. The summed E-state index contributed by atoms with van der Waals surface area (Å²) in [6, 6.07) is 17.5. The van der Waals surface area contributed by atoms with Crippen molar-refractivity contribution in [3.05, 3.63) is 65.7 Å². The van der Waals surface area contributed by atoms with Crippen LogP contribution in [0.3, 0.4) is 0 Å². The number of nitrogens with one attached hydrogen (secondary N) is 1. The Kier molecular flexibility index (Phi) is 5.78. The predicted molar refractivity (Wildman–Crippen MR) is 89.1 cm³/mol. The fraction of sp³-hybridized carbons (Fsp3) is 0.118. The van der Waals surface area contributed by atoms with Gasteiger partial charge in [-0.15, -0.1) is 11.8 Å². The number of aliphatic carboxylic acids is 1. The number of carboxylic acids is 1. The third-order valence-corrected chi connectivity index (χ3v) is 4.23. The Morgan fingerprint density at radius 1 is 1.13 bits per heavy atom. The van der Waals surface area contributed by atoms with Crippen LogP contribution in [-0.2, 0) is 9.59 Å². The average molecular weight is 326 g/mol. The minimum Gasteiger partial charge on any atom is -0.481 e. The summed E-state index contributed by atoms with van der Waals surface area (Å²) in [5.41, 5.74) is 1.80. The number of amides is 1. The molecular formula is C17H14N2O3S. The number of hydrogen-bond donors (Lipinski definition) is 2. The first-order valence-electron chi connectivity index (χ1n) is 6.79. The molecule has 2 N–H and O–H groups in total. The minimum atomic E-state index is -0.970. The molecule has 0 radical (unpaired) electrons. The highest BCUT2D eigenvalue weighted by Crippen LogP contribution is 2.30. The monoisotopic (exact) mass is 326 g/mol. The van der Waals surface area contributed by atoms with Gasteiger partial charge < -0.3 is 10.4 Å². The lowest BCUT2D eigenvalue weighted by Gasteiger charge is -2.16. The van der Waals surface area contributed by atoms with Crippen molar-refractivity contribution in [1.29, 1.82) is 5.26 Å². The molecular weight excluding hydrogens is 312 g/mol. The Hall–Kier alpha value is -2.78. The Morgan fingerprint density at radius 2 is 1.78 bits per heavy atom. The standard InChI is InChI=1S/C17H14N2O3S/c18-10-12-6-8-14(9-7-12)19-17(22)16(23-11-15(20)21)13-4-2-1-3-5-13/h1-9,16H,11H2,(H,19,22)(H,20,21)/t16-/m0/s1. The molecule has 23 heavy (non-hydrogen) atoms. The normalized spacial score (nSPS) is 11.3. The van der Waals surface area contributed by atoms with Gasteiger partial charge in [0.15, 0.2) is 0 Å². The lowest BCUT2D eigenvalue weighted by Crippen LogP contribution is -2.20. The minimum absolute atomic E-state index is 0.166. The molecule has 1 atom stereocenters. The highest BCUT2D eigenvalue weighted by atomic mass is 32.2.